The molecule has 0 saturated heterocycles. The Hall–Kier alpha value is -1.81. The van der Waals surface area contributed by atoms with Crippen molar-refractivity contribution in [3.05, 3.63) is 48.3 Å². The van der Waals surface area contributed by atoms with E-state index in [2.05, 4.69) is 46.6 Å². The number of aromatic nitrogens is 2. The van der Waals surface area contributed by atoms with Crippen molar-refractivity contribution in [2.24, 2.45) is 0 Å². The molecular formula is C16H22N4. The predicted molar refractivity (Wildman–Crippen MR) is 81.9 cm³/mol. The van der Waals surface area contributed by atoms with Crippen molar-refractivity contribution < 1.29 is 0 Å². The molecule has 3 rings (SSSR count). The molecule has 2 aromatic rings. The number of nitrogens with one attached hydrogen (secondary N) is 1. The molecule has 0 spiro atoms. The number of hydrogen-bond acceptors (Lipinski definition) is 3. The van der Waals surface area contributed by atoms with Gasteiger partial charge < -0.3 is 10.2 Å². The average Bonchev–Trinajstić information content (AvgIpc) is 2.94. The Morgan fingerprint density at radius 2 is 2.15 bits per heavy atom. The highest BCUT2D eigenvalue weighted by Crippen LogP contribution is 2.32. The van der Waals surface area contributed by atoms with Gasteiger partial charge in [-0.25, -0.2) is 0 Å². The Bertz CT molecular complexity index is 535. The minimum atomic E-state index is 0.473. The molecule has 1 atom stereocenters. The Balaban J connectivity index is 1.80. The van der Waals surface area contributed by atoms with Crippen LogP contribution in [0.15, 0.2) is 42.7 Å². The van der Waals surface area contributed by atoms with Crippen LogP contribution in [0.5, 0.6) is 0 Å². The van der Waals surface area contributed by atoms with E-state index in [4.69, 9.17) is 0 Å². The number of hydrogen-bond donors (Lipinski definition) is 1. The molecule has 0 radical (unpaired) electrons. The summed E-state index contributed by atoms with van der Waals surface area (Å²) in [6.45, 7) is 3.07. The molecule has 20 heavy (non-hydrogen) atoms. The fourth-order valence-corrected chi connectivity index (χ4v) is 3.02. The second-order valence-corrected chi connectivity index (χ2v) is 5.30. The van der Waals surface area contributed by atoms with E-state index in [1.165, 1.54) is 24.1 Å². The van der Waals surface area contributed by atoms with Crippen LogP contribution in [0.4, 0.5) is 5.69 Å². The van der Waals surface area contributed by atoms with E-state index in [1.807, 2.05) is 23.1 Å². The highest BCUT2D eigenvalue weighted by Gasteiger charge is 2.21. The quantitative estimate of drug-likeness (QED) is 0.926. The van der Waals surface area contributed by atoms with Crippen molar-refractivity contribution in [2.75, 3.05) is 25.0 Å². The standard InChI is InChI=1S/C16H22N4/c1-17-15-7-4-10-19(12-13-20-11-5-9-18-20)16-8-3-2-6-14(15)16/h2-3,5-6,8-9,11,15,17H,4,7,10,12-13H2,1H3. The number of para-hydroxylation sites is 1. The lowest BCUT2D eigenvalue weighted by atomic mass is 10.0. The third-order valence-electron chi connectivity index (χ3n) is 4.08. The second-order valence-electron chi connectivity index (χ2n) is 5.30. The van der Waals surface area contributed by atoms with Gasteiger partial charge in [-0.1, -0.05) is 18.2 Å². The highest BCUT2D eigenvalue weighted by atomic mass is 15.3. The van der Waals surface area contributed by atoms with Gasteiger partial charge in [0.05, 0.1) is 6.54 Å². The summed E-state index contributed by atoms with van der Waals surface area (Å²) in [6, 6.07) is 11.2. The molecule has 106 valence electrons. The van der Waals surface area contributed by atoms with Crippen LogP contribution in [-0.4, -0.2) is 29.9 Å². The van der Waals surface area contributed by atoms with Crippen LogP contribution in [0.25, 0.3) is 0 Å². The van der Waals surface area contributed by atoms with E-state index in [0.717, 1.165) is 19.6 Å². The molecule has 1 unspecified atom stereocenters. The SMILES string of the molecule is CNC1CCCN(CCn2cccn2)c2ccccc21. The van der Waals surface area contributed by atoms with Gasteiger partial charge in [0.25, 0.3) is 0 Å². The zero-order chi connectivity index (χ0) is 13.8. The van der Waals surface area contributed by atoms with Crippen molar-refractivity contribution in [1.29, 1.82) is 0 Å². The van der Waals surface area contributed by atoms with Gasteiger partial charge in [-0.3, -0.25) is 4.68 Å². The molecule has 0 saturated carbocycles. The predicted octanol–water partition coefficient (Wildman–Crippen LogP) is 2.44. The third-order valence-corrected chi connectivity index (χ3v) is 4.08. The van der Waals surface area contributed by atoms with E-state index in [-0.39, 0.29) is 0 Å². The molecule has 0 bridgehead atoms. The van der Waals surface area contributed by atoms with E-state index in [9.17, 15) is 0 Å². The van der Waals surface area contributed by atoms with E-state index in [1.54, 1.807) is 0 Å². The van der Waals surface area contributed by atoms with Gasteiger partial charge in [-0.15, -0.1) is 0 Å². The molecule has 4 nitrogen and oxygen atoms in total. The van der Waals surface area contributed by atoms with E-state index < -0.39 is 0 Å². The molecule has 0 amide bonds. The van der Waals surface area contributed by atoms with Crippen LogP contribution < -0.4 is 10.2 Å². The zero-order valence-electron chi connectivity index (χ0n) is 12.0. The summed E-state index contributed by atoms with van der Waals surface area (Å²) in [5.41, 5.74) is 2.80. The second kappa shape index (κ2) is 6.09. The largest absolute Gasteiger partial charge is 0.369 e. The normalized spacial score (nSPS) is 18.6. The van der Waals surface area contributed by atoms with Crippen LogP contribution in [0.1, 0.15) is 24.4 Å². The lowest BCUT2D eigenvalue weighted by Crippen LogP contribution is -2.28. The fraction of sp³-hybridized carbons (Fsp3) is 0.438. The highest BCUT2D eigenvalue weighted by molar-refractivity contribution is 5.55. The Morgan fingerprint density at radius 3 is 2.95 bits per heavy atom. The number of nitrogens with zero attached hydrogens (tertiary/aromatic N) is 3. The summed E-state index contributed by atoms with van der Waals surface area (Å²) in [4.78, 5) is 2.49. The van der Waals surface area contributed by atoms with Crippen LogP contribution in [-0.2, 0) is 6.54 Å². The average molecular weight is 270 g/mol. The lowest BCUT2D eigenvalue weighted by molar-refractivity contribution is 0.537. The summed E-state index contributed by atoms with van der Waals surface area (Å²) >= 11 is 0. The minimum absolute atomic E-state index is 0.473. The topological polar surface area (TPSA) is 33.1 Å². The van der Waals surface area contributed by atoms with Gasteiger partial charge in [0.2, 0.25) is 0 Å². The van der Waals surface area contributed by atoms with Gasteiger partial charge in [0, 0.05) is 37.2 Å². The van der Waals surface area contributed by atoms with Gasteiger partial charge in [-0.2, -0.15) is 5.10 Å². The van der Waals surface area contributed by atoms with Gasteiger partial charge in [0.1, 0.15) is 0 Å². The van der Waals surface area contributed by atoms with Crippen LogP contribution in [0, 0.1) is 0 Å². The molecule has 0 fully saturated rings. The van der Waals surface area contributed by atoms with E-state index >= 15 is 0 Å². The first-order valence-corrected chi connectivity index (χ1v) is 7.37. The molecule has 2 heterocycles. The summed E-state index contributed by atoms with van der Waals surface area (Å²) in [6.07, 6.45) is 6.29. The van der Waals surface area contributed by atoms with Crippen molar-refractivity contribution >= 4 is 5.69 Å². The third kappa shape index (κ3) is 2.70. The van der Waals surface area contributed by atoms with Gasteiger partial charge in [0.15, 0.2) is 0 Å². The molecule has 1 N–H and O–H groups in total. The lowest BCUT2D eigenvalue weighted by Gasteiger charge is -2.25. The van der Waals surface area contributed by atoms with Crippen LogP contribution in [0.3, 0.4) is 0 Å². The Morgan fingerprint density at radius 1 is 1.25 bits per heavy atom. The first-order chi connectivity index (χ1) is 9.88. The molecule has 0 aliphatic carbocycles. The number of fused-ring (bicyclic) bond motifs is 1. The van der Waals surface area contributed by atoms with Crippen molar-refractivity contribution in [3.63, 3.8) is 0 Å². The summed E-state index contributed by atoms with van der Waals surface area (Å²) in [5, 5.41) is 7.73. The molecule has 1 aromatic heterocycles. The smallest absolute Gasteiger partial charge is 0.0584 e. The Labute approximate surface area is 120 Å². The maximum absolute atomic E-state index is 4.29. The maximum Gasteiger partial charge on any atom is 0.0584 e. The molecular weight excluding hydrogens is 248 g/mol. The van der Waals surface area contributed by atoms with Gasteiger partial charge >= 0.3 is 0 Å². The van der Waals surface area contributed by atoms with E-state index in [0.29, 0.717) is 6.04 Å². The summed E-state index contributed by atoms with van der Waals surface area (Å²) in [7, 11) is 2.06. The number of anilines is 1. The van der Waals surface area contributed by atoms with Crippen LogP contribution in [0.2, 0.25) is 0 Å². The maximum atomic E-state index is 4.29. The monoisotopic (exact) mass is 270 g/mol. The number of benzene rings is 1. The molecule has 1 aliphatic heterocycles. The Kier molecular flexibility index (Phi) is 4.02. The molecule has 1 aromatic carbocycles. The summed E-state index contributed by atoms with van der Waals surface area (Å²) < 4.78 is 2.00. The first-order valence-electron chi connectivity index (χ1n) is 7.37. The van der Waals surface area contributed by atoms with Gasteiger partial charge in [-0.05, 0) is 37.6 Å². The van der Waals surface area contributed by atoms with Crippen molar-refractivity contribution in [3.8, 4) is 0 Å². The summed E-state index contributed by atoms with van der Waals surface area (Å²) in [5.74, 6) is 0. The van der Waals surface area contributed by atoms with Crippen LogP contribution >= 0.6 is 0 Å². The zero-order valence-corrected chi connectivity index (χ0v) is 12.0. The number of rotatable bonds is 4. The first kappa shape index (κ1) is 13.2. The molecule has 1 aliphatic rings. The van der Waals surface area contributed by atoms with Crippen molar-refractivity contribution in [1.82, 2.24) is 15.1 Å². The van der Waals surface area contributed by atoms with Crippen molar-refractivity contribution in [2.45, 2.75) is 25.4 Å². The minimum Gasteiger partial charge on any atom is -0.369 e. The fourth-order valence-electron chi connectivity index (χ4n) is 3.02. The molecule has 4 heteroatoms.